The number of carbonyl (C=O) groups is 3. The number of hydrogen-bond acceptors (Lipinski definition) is 6. The molecule has 0 spiro atoms. The Labute approximate surface area is 221 Å². The molecule has 0 fully saturated rings. The third kappa shape index (κ3) is 8.28. The molecule has 3 aromatic carbocycles. The second-order valence-corrected chi connectivity index (χ2v) is 8.70. The molecule has 38 heavy (non-hydrogen) atoms. The number of nitrogens with two attached hydrogens (primary N) is 1. The zero-order valence-electron chi connectivity index (χ0n) is 21.2. The lowest BCUT2D eigenvalue weighted by atomic mass is 10.1. The van der Waals surface area contributed by atoms with E-state index in [0.717, 1.165) is 11.1 Å². The first-order valence-corrected chi connectivity index (χ1v) is 12.1. The van der Waals surface area contributed by atoms with Crippen LogP contribution in [-0.2, 0) is 9.59 Å². The molecule has 0 aliphatic rings. The van der Waals surface area contributed by atoms with Crippen LogP contribution in [0.25, 0.3) is 0 Å². The number of benzene rings is 3. The van der Waals surface area contributed by atoms with Crippen LogP contribution in [0.5, 0.6) is 0 Å². The molecule has 9 heteroatoms. The van der Waals surface area contributed by atoms with E-state index in [2.05, 4.69) is 39.9 Å². The van der Waals surface area contributed by atoms with Crippen LogP contribution in [0, 0.1) is 18.8 Å². The van der Waals surface area contributed by atoms with E-state index in [-0.39, 0.29) is 25.0 Å². The average molecular weight is 514 g/mol. The van der Waals surface area contributed by atoms with Gasteiger partial charge in [0.1, 0.15) is 6.04 Å². The van der Waals surface area contributed by atoms with Crippen molar-refractivity contribution in [2.45, 2.75) is 25.9 Å². The summed E-state index contributed by atoms with van der Waals surface area (Å²) < 4.78 is 0. The third-order valence-corrected chi connectivity index (χ3v) is 5.78. The van der Waals surface area contributed by atoms with Crippen molar-refractivity contribution in [2.75, 3.05) is 18.4 Å². The first kappa shape index (κ1) is 28.1. The number of hydroxylamine groups is 1. The molecule has 2 atom stereocenters. The summed E-state index contributed by atoms with van der Waals surface area (Å²) in [6.45, 7) is 4.08. The van der Waals surface area contributed by atoms with E-state index in [0.29, 0.717) is 16.8 Å². The lowest BCUT2D eigenvalue weighted by Crippen LogP contribution is -2.50. The molecular formula is C29H31N5O4. The highest BCUT2D eigenvalue weighted by atomic mass is 16.5. The van der Waals surface area contributed by atoms with Gasteiger partial charge in [0.15, 0.2) is 0 Å². The standard InChI is InChI=1S/C29H31N5O4/c1-19-3-11-23(12-4-19)20(2)31-18-27(35)32-25-15-9-22(10-16-25)6-5-21-7-13-24(14-8-21)28(36)33-26(17-30)29(37)34-38/h3-4,7-16,20,26,31,38H,17-18,30H2,1-2H3,(H,32,35)(H,33,36)(H,34,37)/t20?,26-/m0/s1. The SMILES string of the molecule is Cc1ccc(C(C)NCC(=O)Nc2ccc(C#Cc3ccc(C(=O)N[C@@H](CN)C(=O)NO)cc3)cc2)cc1. The van der Waals surface area contributed by atoms with Crippen molar-refractivity contribution in [3.63, 3.8) is 0 Å². The number of carbonyl (C=O) groups excluding carboxylic acids is 3. The van der Waals surface area contributed by atoms with E-state index in [1.54, 1.807) is 36.4 Å². The summed E-state index contributed by atoms with van der Waals surface area (Å²) in [4.78, 5) is 36.1. The van der Waals surface area contributed by atoms with E-state index in [4.69, 9.17) is 10.9 Å². The third-order valence-electron chi connectivity index (χ3n) is 5.78. The van der Waals surface area contributed by atoms with E-state index >= 15 is 0 Å². The molecule has 0 aromatic heterocycles. The number of anilines is 1. The first-order valence-electron chi connectivity index (χ1n) is 12.1. The molecule has 3 amide bonds. The fourth-order valence-electron chi connectivity index (χ4n) is 3.46. The van der Waals surface area contributed by atoms with Crippen molar-refractivity contribution < 1.29 is 19.6 Å². The molecule has 0 aliphatic heterocycles. The van der Waals surface area contributed by atoms with Gasteiger partial charge in [0, 0.05) is 35.0 Å². The summed E-state index contributed by atoms with van der Waals surface area (Å²) >= 11 is 0. The smallest absolute Gasteiger partial charge is 0.267 e. The molecule has 9 nitrogen and oxygen atoms in total. The van der Waals surface area contributed by atoms with Crippen molar-refractivity contribution in [3.05, 3.63) is 101 Å². The van der Waals surface area contributed by atoms with Gasteiger partial charge in [-0.1, -0.05) is 41.7 Å². The predicted molar refractivity (Wildman–Crippen MR) is 145 cm³/mol. The van der Waals surface area contributed by atoms with Gasteiger partial charge in [-0.25, -0.2) is 5.48 Å². The van der Waals surface area contributed by atoms with Gasteiger partial charge in [-0.05, 0) is 67.9 Å². The quantitative estimate of drug-likeness (QED) is 0.147. The highest BCUT2D eigenvalue weighted by Crippen LogP contribution is 2.13. The van der Waals surface area contributed by atoms with Gasteiger partial charge in [0.25, 0.3) is 11.8 Å². The normalized spacial score (nSPS) is 11.9. The maximum absolute atomic E-state index is 12.3. The van der Waals surface area contributed by atoms with Crippen molar-refractivity contribution >= 4 is 23.4 Å². The maximum atomic E-state index is 12.3. The summed E-state index contributed by atoms with van der Waals surface area (Å²) in [5.41, 5.74) is 11.7. The van der Waals surface area contributed by atoms with Crippen LogP contribution < -0.4 is 27.2 Å². The van der Waals surface area contributed by atoms with Gasteiger partial charge >= 0.3 is 0 Å². The molecule has 3 aromatic rings. The second-order valence-electron chi connectivity index (χ2n) is 8.70. The molecule has 0 saturated carbocycles. The van der Waals surface area contributed by atoms with Crippen molar-refractivity contribution in [1.82, 2.24) is 16.1 Å². The molecule has 7 N–H and O–H groups in total. The van der Waals surface area contributed by atoms with Crippen LogP contribution in [0.1, 0.15) is 45.6 Å². The van der Waals surface area contributed by atoms with Crippen LogP contribution >= 0.6 is 0 Å². The van der Waals surface area contributed by atoms with Crippen LogP contribution in [-0.4, -0.2) is 42.1 Å². The van der Waals surface area contributed by atoms with Gasteiger partial charge in [0.2, 0.25) is 5.91 Å². The Hall–Kier alpha value is -4.49. The Morgan fingerprint density at radius 2 is 1.47 bits per heavy atom. The lowest BCUT2D eigenvalue weighted by Gasteiger charge is -2.14. The number of amides is 3. The van der Waals surface area contributed by atoms with Crippen LogP contribution in [0.4, 0.5) is 5.69 Å². The maximum Gasteiger partial charge on any atom is 0.267 e. The van der Waals surface area contributed by atoms with E-state index in [1.165, 1.54) is 11.0 Å². The Morgan fingerprint density at radius 1 is 0.895 bits per heavy atom. The average Bonchev–Trinajstić information content (AvgIpc) is 2.94. The summed E-state index contributed by atoms with van der Waals surface area (Å²) in [5, 5.41) is 17.2. The molecule has 0 bridgehead atoms. The Bertz CT molecular complexity index is 1310. The molecule has 1 unspecified atom stereocenters. The Morgan fingerprint density at radius 3 is 2.03 bits per heavy atom. The van der Waals surface area contributed by atoms with E-state index in [1.807, 2.05) is 38.1 Å². The molecule has 196 valence electrons. The Kier molecular flexibility index (Phi) is 10.1. The minimum Gasteiger partial charge on any atom is -0.339 e. The summed E-state index contributed by atoms with van der Waals surface area (Å²) in [5.74, 6) is 4.64. The van der Waals surface area contributed by atoms with E-state index < -0.39 is 17.9 Å². The molecule has 0 saturated heterocycles. The number of nitrogens with one attached hydrogen (secondary N) is 4. The van der Waals surface area contributed by atoms with Gasteiger partial charge < -0.3 is 21.7 Å². The Balaban J connectivity index is 1.50. The second kappa shape index (κ2) is 13.7. The summed E-state index contributed by atoms with van der Waals surface area (Å²) in [6.07, 6.45) is 0. The molecule has 0 heterocycles. The zero-order chi connectivity index (χ0) is 27.5. The van der Waals surface area contributed by atoms with Crippen LogP contribution in [0.3, 0.4) is 0 Å². The molecule has 0 aliphatic carbocycles. The highest BCUT2D eigenvalue weighted by molar-refractivity contribution is 5.97. The van der Waals surface area contributed by atoms with Gasteiger partial charge in [-0.15, -0.1) is 0 Å². The van der Waals surface area contributed by atoms with Crippen molar-refractivity contribution in [3.8, 4) is 11.8 Å². The minimum absolute atomic E-state index is 0.0538. The number of aryl methyl sites for hydroxylation is 1. The van der Waals surface area contributed by atoms with Crippen LogP contribution in [0.2, 0.25) is 0 Å². The summed E-state index contributed by atoms with van der Waals surface area (Å²) in [6, 6.07) is 20.9. The summed E-state index contributed by atoms with van der Waals surface area (Å²) in [7, 11) is 0. The zero-order valence-corrected chi connectivity index (χ0v) is 21.2. The largest absolute Gasteiger partial charge is 0.339 e. The molecule has 3 rings (SSSR count). The van der Waals surface area contributed by atoms with Gasteiger partial charge in [0.05, 0.1) is 6.54 Å². The first-order chi connectivity index (χ1) is 18.3. The van der Waals surface area contributed by atoms with Gasteiger partial charge in [-0.3, -0.25) is 19.6 Å². The predicted octanol–water partition coefficient (Wildman–Crippen LogP) is 2.25. The lowest BCUT2D eigenvalue weighted by molar-refractivity contribution is -0.130. The van der Waals surface area contributed by atoms with Crippen molar-refractivity contribution in [1.29, 1.82) is 0 Å². The monoisotopic (exact) mass is 513 g/mol. The fourth-order valence-corrected chi connectivity index (χ4v) is 3.46. The van der Waals surface area contributed by atoms with E-state index in [9.17, 15) is 14.4 Å². The van der Waals surface area contributed by atoms with Crippen molar-refractivity contribution in [2.24, 2.45) is 5.73 Å². The van der Waals surface area contributed by atoms with Gasteiger partial charge in [-0.2, -0.15) is 0 Å². The molecular weight excluding hydrogens is 482 g/mol. The number of rotatable bonds is 9. The fraction of sp³-hybridized carbons (Fsp3) is 0.207. The topological polar surface area (TPSA) is 146 Å². The molecule has 0 radical (unpaired) electrons. The minimum atomic E-state index is -1.04. The number of hydrogen-bond donors (Lipinski definition) is 6. The van der Waals surface area contributed by atoms with Crippen LogP contribution in [0.15, 0.2) is 72.8 Å². The highest BCUT2D eigenvalue weighted by Gasteiger charge is 2.19.